The average Bonchev–Trinajstić information content (AvgIpc) is 1.98. The predicted octanol–water partition coefficient (Wildman–Crippen LogP) is 2.15. The molecule has 2 N–H and O–H groups in total. The van der Waals surface area contributed by atoms with Gasteiger partial charge in [0.15, 0.2) is 0 Å². The van der Waals surface area contributed by atoms with Gasteiger partial charge in [0.1, 0.15) is 0 Å². The van der Waals surface area contributed by atoms with E-state index in [4.69, 9.17) is 5.73 Å². The average molecular weight is 135 g/mol. The summed E-state index contributed by atoms with van der Waals surface area (Å²) in [7, 11) is 0. The van der Waals surface area contributed by atoms with Gasteiger partial charge in [-0.25, -0.2) is 0 Å². The minimum atomic E-state index is 0.988. The fourth-order valence-corrected chi connectivity index (χ4v) is 0.538. The lowest BCUT2D eigenvalue weighted by Gasteiger charge is -1.87. The van der Waals surface area contributed by atoms with Crippen molar-refractivity contribution < 1.29 is 0 Å². The Kier molecular flexibility index (Phi) is 5.16. The standard InChI is InChI=1S/C9H13N/c1-3-5-7-9(8-10)6-4-2/h3-8H,1,10H2,2H3/b6-4+,7-5-,9-8-. The maximum atomic E-state index is 5.30. The molecule has 0 aliphatic rings. The number of hydrogen-bond acceptors (Lipinski definition) is 1. The Balaban J connectivity index is 4.10. The number of allylic oxidation sites excluding steroid dienone is 6. The lowest BCUT2D eigenvalue weighted by Crippen LogP contribution is -1.81. The van der Waals surface area contributed by atoms with Gasteiger partial charge in [-0.15, -0.1) is 0 Å². The summed E-state index contributed by atoms with van der Waals surface area (Å²) in [6.45, 7) is 5.50. The fourth-order valence-electron chi connectivity index (χ4n) is 0.538. The summed E-state index contributed by atoms with van der Waals surface area (Å²) in [5.74, 6) is 0. The highest BCUT2D eigenvalue weighted by Crippen LogP contribution is 1.96. The number of hydrogen-bond donors (Lipinski definition) is 1. The van der Waals surface area contributed by atoms with Crippen LogP contribution in [0.15, 0.2) is 48.7 Å². The monoisotopic (exact) mass is 135 g/mol. The fraction of sp³-hybridized carbons (Fsp3) is 0.111. The van der Waals surface area contributed by atoms with Crippen molar-refractivity contribution >= 4 is 0 Å². The molecule has 0 fully saturated rings. The van der Waals surface area contributed by atoms with Gasteiger partial charge in [0.25, 0.3) is 0 Å². The van der Waals surface area contributed by atoms with Crippen molar-refractivity contribution in [2.75, 3.05) is 0 Å². The van der Waals surface area contributed by atoms with Crippen LogP contribution in [0.3, 0.4) is 0 Å². The Hall–Kier alpha value is -1.24. The highest BCUT2D eigenvalue weighted by atomic mass is 14.5. The van der Waals surface area contributed by atoms with Gasteiger partial charge in [-0.1, -0.05) is 37.0 Å². The summed E-state index contributed by atoms with van der Waals surface area (Å²) < 4.78 is 0. The van der Waals surface area contributed by atoms with Crippen LogP contribution in [0.5, 0.6) is 0 Å². The van der Waals surface area contributed by atoms with Crippen LogP contribution in [0.4, 0.5) is 0 Å². The molecule has 0 amide bonds. The summed E-state index contributed by atoms with van der Waals surface area (Å²) in [5, 5.41) is 0. The Labute approximate surface area is 62.2 Å². The second-order valence-electron chi connectivity index (χ2n) is 1.76. The third kappa shape index (κ3) is 3.72. The Morgan fingerprint density at radius 1 is 1.40 bits per heavy atom. The van der Waals surface area contributed by atoms with Gasteiger partial charge in [-0.3, -0.25) is 0 Å². The molecule has 1 nitrogen and oxygen atoms in total. The van der Waals surface area contributed by atoms with E-state index >= 15 is 0 Å². The molecule has 0 heterocycles. The maximum absolute atomic E-state index is 5.30. The number of nitrogens with two attached hydrogens (primary N) is 1. The molecule has 54 valence electrons. The van der Waals surface area contributed by atoms with Crippen molar-refractivity contribution in [3.8, 4) is 0 Å². The zero-order chi connectivity index (χ0) is 7.82. The second-order valence-corrected chi connectivity index (χ2v) is 1.76. The van der Waals surface area contributed by atoms with Crippen molar-refractivity contribution in [1.82, 2.24) is 0 Å². The molecule has 0 saturated carbocycles. The summed E-state index contributed by atoms with van der Waals surface area (Å²) in [5.41, 5.74) is 6.29. The van der Waals surface area contributed by atoms with E-state index in [-0.39, 0.29) is 0 Å². The van der Waals surface area contributed by atoms with Crippen LogP contribution in [0, 0.1) is 0 Å². The SMILES string of the molecule is C=C\C=C/C(=C\N)/C=C/C. The van der Waals surface area contributed by atoms with E-state index < -0.39 is 0 Å². The first kappa shape index (κ1) is 8.76. The van der Waals surface area contributed by atoms with E-state index in [2.05, 4.69) is 6.58 Å². The van der Waals surface area contributed by atoms with Gasteiger partial charge in [0.05, 0.1) is 0 Å². The second kappa shape index (κ2) is 5.89. The van der Waals surface area contributed by atoms with Crippen molar-refractivity contribution in [1.29, 1.82) is 0 Å². The highest BCUT2D eigenvalue weighted by Gasteiger charge is 1.78. The Bertz CT molecular complexity index is 173. The van der Waals surface area contributed by atoms with Crippen molar-refractivity contribution in [3.63, 3.8) is 0 Å². The molecule has 0 aromatic carbocycles. The van der Waals surface area contributed by atoms with Gasteiger partial charge in [-0.05, 0) is 12.5 Å². The third-order valence-corrected chi connectivity index (χ3v) is 0.976. The molecule has 0 unspecified atom stereocenters. The summed E-state index contributed by atoms with van der Waals surface area (Å²) in [4.78, 5) is 0. The summed E-state index contributed by atoms with van der Waals surface area (Å²) in [6, 6.07) is 0. The minimum Gasteiger partial charge on any atom is -0.404 e. The van der Waals surface area contributed by atoms with Gasteiger partial charge < -0.3 is 5.73 Å². The zero-order valence-electron chi connectivity index (χ0n) is 6.25. The smallest absolute Gasteiger partial charge is 0.00113 e. The van der Waals surface area contributed by atoms with Crippen molar-refractivity contribution in [3.05, 3.63) is 48.7 Å². The molecule has 1 heteroatoms. The van der Waals surface area contributed by atoms with Crippen LogP contribution in [-0.4, -0.2) is 0 Å². The molecule has 0 aliphatic carbocycles. The molecule has 0 radical (unpaired) electrons. The molecular weight excluding hydrogens is 122 g/mol. The van der Waals surface area contributed by atoms with E-state index in [1.807, 2.05) is 31.2 Å². The normalized spacial score (nSPS) is 13.1. The molecule has 0 saturated heterocycles. The van der Waals surface area contributed by atoms with Crippen LogP contribution in [0.2, 0.25) is 0 Å². The largest absolute Gasteiger partial charge is 0.404 e. The van der Waals surface area contributed by atoms with Crippen LogP contribution in [-0.2, 0) is 0 Å². The topological polar surface area (TPSA) is 26.0 Å². The number of rotatable bonds is 3. The van der Waals surface area contributed by atoms with Gasteiger partial charge in [-0.2, -0.15) is 0 Å². The molecule has 0 atom stereocenters. The lowest BCUT2D eigenvalue weighted by molar-refractivity contribution is 1.51. The van der Waals surface area contributed by atoms with Crippen LogP contribution in [0.25, 0.3) is 0 Å². The molecular formula is C9H13N. The summed E-state index contributed by atoms with van der Waals surface area (Å²) in [6.07, 6.45) is 10.9. The van der Waals surface area contributed by atoms with Crippen LogP contribution < -0.4 is 5.73 Å². The molecule has 0 spiro atoms. The molecule has 0 aliphatic heterocycles. The van der Waals surface area contributed by atoms with Crippen molar-refractivity contribution in [2.45, 2.75) is 6.92 Å². The predicted molar refractivity (Wildman–Crippen MR) is 46.4 cm³/mol. The van der Waals surface area contributed by atoms with Gasteiger partial charge >= 0.3 is 0 Å². The molecule has 10 heavy (non-hydrogen) atoms. The molecule has 0 rings (SSSR count). The lowest BCUT2D eigenvalue weighted by atomic mass is 10.2. The van der Waals surface area contributed by atoms with Crippen LogP contribution >= 0.6 is 0 Å². The first-order valence-corrected chi connectivity index (χ1v) is 3.18. The van der Waals surface area contributed by atoms with E-state index in [1.54, 1.807) is 12.3 Å². The Morgan fingerprint density at radius 2 is 2.10 bits per heavy atom. The van der Waals surface area contributed by atoms with Crippen molar-refractivity contribution in [2.24, 2.45) is 5.73 Å². The summed E-state index contributed by atoms with van der Waals surface area (Å²) >= 11 is 0. The van der Waals surface area contributed by atoms with E-state index in [0.29, 0.717) is 0 Å². The van der Waals surface area contributed by atoms with Gasteiger partial charge in [0.2, 0.25) is 0 Å². The van der Waals surface area contributed by atoms with E-state index in [9.17, 15) is 0 Å². The first-order chi connectivity index (χ1) is 4.85. The third-order valence-electron chi connectivity index (χ3n) is 0.976. The quantitative estimate of drug-likeness (QED) is 0.589. The molecule has 0 aromatic heterocycles. The Morgan fingerprint density at radius 3 is 2.50 bits per heavy atom. The zero-order valence-corrected chi connectivity index (χ0v) is 6.25. The highest BCUT2D eigenvalue weighted by molar-refractivity contribution is 5.30. The first-order valence-electron chi connectivity index (χ1n) is 3.18. The molecule has 0 aromatic rings. The van der Waals surface area contributed by atoms with Crippen LogP contribution in [0.1, 0.15) is 6.92 Å². The van der Waals surface area contributed by atoms with E-state index in [0.717, 1.165) is 5.57 Å². The maximum Gasteiger partial charge on any atom is 0.00113 e. The van der Waals surface area contributed by atoms with Gasteiger partial charge in [0, 0.05) is 6.20 Å². The minimum absolute atomic E-state index is 0.988. The van der Waals surface area contributed by atoms with E-state index in [1.165, 1.54) is 0 Å². The molecule has 0 bridgehead atoms.